The zero-order valence-corrected chi connectivity index (χ0v) is 11.8. The smallest absolute Gasteiger partial charge is 0.276 e. The highest BCUT2D eigenvalue weighted by Crippen LogP contribution is 2.12. The zero-order chi connectivity index (χ0) is 14.9. The molecule has 2 aromatic heterocycles. The van der Waals surface area contributed by atoms with Gasteiger partial charge in [0.1, 0.15) is 5.69 Å². The summed E-state index contributed by atoms with van der Waals surface area (Å²) in [6, 6.07) is 5.51. The van der Waals surface area contributed by atoms with Crippen molar-refractivity contribution in [3.8, 4) is 11.6 Å². The molecular formula is C13H18N6O2. The van der Waals surface area contributed by atoms with Crippen molar-refractivity contribution in [1.29, 1.82) is 0 Å². The molecule has 2 rings (SSSR count). The topological polar surface area (TPSA) is 111 Å². The molecule has 0 aliphatic heterocycles. The van der Waals surface area contributed by atoms with E-state index < -0.39 is 0 Å². The molecule has 0 amide bonds. The maximum Gasteiger partial charge on any atom is 0.276 e. The van der Waals surface area contributed by atoms with Crippen LogP contribution in [0.2, 0.25) is 0 Å². The van der Waals surface area contributed by atoms with Gasteiger partial charge in [-0.1, -0.05) is 11.2 Å². The van der Waals surface area contributed by atoms with E-state index in [-0.39, 0.29) is 0 Å². The summed E-state index contributed by atoms with van der Waals surface area (Å²) >= 11 is 0. The predicted octanol–water partition coefficient (Wildman–Crippen LogP) is 0.225. The lowest BCUT2D eigenvalue weighted by Gasteiger charge is -2.03. The van der Waals surface area contributed by atoms with Crippen molar-refractivity contribution in [3.05, 3.63) is 30.2 Å². The lowest BCUT2D eigenvalue weighted by Crippen LogP contribution is -2.33. The van der Waals surface area contributed by atoms with E-state index in [4.69, 9.17) is 15.0 Å². The number of nitrogens with two attached hydrogens (primary N) is 1. The molecule has 112 valence electrons. The van der Waals surface area contributed by atoms with Crippen LogP contribution in [0.3, 0.4) is 0 Å². The van der Waals surface area contributed by atoms with E-state index in [1.165, 1.54) is 0 Å². The lowest BCUT2D eigenvalue weighted by atomic mass is 10.3. The first-order valence-corrected chi connectivity index (χ1v) is 6.56. The standard InChI is InChI=1S/C13H18N6O2/c1-20-9-8-17-13(14)16-7-5-11-18-12(21-19-11)10-4-2-3-6-15-10/h2-4,6H,5,7-9H2,1H3,(H3,14,16,17). The molecule has 2 aromatic rings. The van der Waals surface area contributed by atoms with Crippen LogP contribution in [-0.2, 0) is 11.2 Å². The fourth-order valence-corrected chi connectivity index (χ4v) is 1.56. The Balaban J connectivity index is 1.80. The van der Waals surface area contributed by atoms with Crippen molar-refractivity contribution < 1.29 is 9.26 Å². The second-order valence-electron chi connectivity index (χ2n) is 4.17. The molecule has 0 saturated carbocycles. The molecule has 0 bridgehead atoms. The van der Waals surface area contributed by atoms with Gasteiger partial charge in [0, 0.05) is 26.3 Å². The molecule has 0 saturated heterocycles. The van der Waals surface area contributed by atoms with Crippen molar-refractivity contribution in [2.45, 2.75) is 6.42 Å². The van der Waals surface area contributed by atoms with Gasteiger partial charge in [0.15, 0.2) is 11.8 Å². The maximum absolute atomic E-state index is 5.68. The van der Waals surface area contributed by atoms with Gasteiger partial charge in [0.2, 0.25) is 0 Å². The van der Waals surface area contributed by atoms with Gasteiger partial charge in [-0.25, -0.2) is 0 Å². The van der Waals surface area contributed by atoms with Crippen LogP contribution < -0.4 is 11.1 Å². The summed E-state index contributed by atoms with van der Waals surface area (Å²) in [6.07, 6.45) is 2.26. The van der Waals surface area contributed by atoms with Crippen molar-refractivity contribution >= 4 is 5.96 Å². The average Bonchev–Trinajstić information content (AvgIpc) is 2.97. The van der Waals surface area contributed by atoms with Crippen molar-refractivity contribution in [1.82, 2.24) is 20.4 Å². The minimum absolute atomic E-state index is 0.375. The van der Waals surface area contributed by atoms with Crippen molar-refractivity contribution in [3.63, 3.8) is 0 Å². The number of rotatable bonds is 7. The molecule has 0 spiro atoms. The van der Waals surface area contributed by atoms with Gasteiger partial charge in [-0.3, -0.25) is 9.98 Å². The molecular weight excluding hydrogens is 272 g/mol. The van der Waals surface area contributed by atoms with Gasteiger partial charge in [-0.05, 0) is 12.1 Å². The Labute approximate surface area is 122 Å². The van der Waals surface area contributed by atoms with Gasteiger partial charge < -0.3 is 20.3 Å². The highest BCUT2D eigenvalue weighted by molar-refractivity contribution is 5.77. The number of nitrogens with one attached hydrogen (secondary N) is 1. The van der Waals surface area contributed by atoms with E-state index in [2.05, 4.69) is 25.4 Å². The third kappa shape index (κ3) is 4.84. The monoisotopic (exact) mass is 290 g/mol. The first kappa shape index (κ1) is 14.9. The third-order valence-corrected chi connectivity index (χ3v) is 2.58. The summed E-state index contributed by atoms with van der Waals surface area (Å²) in [5, 5.41) is 6.87. The Morgan fingerprint density at radius 3 is 3.14 bits per heavy atom. The van der Waals surface area contributed by atoms with Crippen LogP contribution in [0.5, 0.6) is 0 Å². The van der Waals surface area contributed by atoms with Crippen LogP contribution in [0, 0.1) is 0 Å². The third-order valence-electron chi connectivity index (χ3n) is 2.58. The van der Waals surface area contributed by atoms with Gasteiger partial charge in [-0.15, -0.1) is 0 Å². The molecule has 2 heterocycles. The molecule has 0 unspecified atom stereocenters. The van der Waals surface area contributed by atoms with Crippen LogP contribution in [-0.4, -0.2) is 47.9 Å². The summed E-state index contributed by atoms with van der Waals surface area (Å²) in [4.78, 5) is 12.5. The minimum atomic E-state index is 0.375. The quantitative estimate of drug-likeness (QED) is 0.426. The largest absolute Gasteiger partial charge is 0.383 e. The van der Waals surface area contributed by atoms with Crippen LogP contribution >= 0.6 is 0 Å². The summed E-state index contributed by atoms with van der Waals surface area (Å²) in [5.41, 5.74) is 6.34. The number of ether oxygens (including phenoxy) is 1. The van der Waals surface area contributed by atoms with E-state index in [1.807, 2.05) is 18.2 Å². The Kier molecular flexibility index (Phi) is 5.65. The summed E-state index contributed by atoms with van der Waals surface area (Å²) < 4.78 is 10.0. The minimum Gasteiger partial charge on any atom is -0.383 e. The summed E-state index contributed by atoms with van der Waals surface area (Å²) in [6.45, 7) is 1.64. The molecule has 0 fully saturated rings. The number of aliphatic imine (C=N–C) groups is 1. The van der Waals surface area contributed by atoms with Gasteiger partial charge in [0.25, 0.3) is 5.89 Å². The van der Waals surface area contributed by atoms with E-state index in [0.717, 1.165) is 0 Å². The normalized spacial score (nSPS) is 11.6. The zero-order valence-electron chi connectivity index (χ0n) is 11.8. The number of aromatic nitrogens is 3. The second kappa shape index (κ2) is 7.95. The van der Waals surface area contributed by atoms with Crippen LogP contribution in [0.4, 0.5) is 0 Å². The SMILES string of the molecule is COCCN=C(N)NCCc1noc(-c2ccccn2)n1. The Morgan fingerprint density at radius 1 is 1.48 bits per heavy atom. The Bertz CT molecular complexity index is 569. The number of methoxy groups -OCH3 is 1. The highest BCUT2D eigenvalue weighted by Gasteiger charge is 2.09. The van der Waals surface area contributed by atoms with Crippen LogP contribution in [0.1, 0.15) is 5.82 Å². The fourth-order valence-electron chi connectivity index (χ4n) is 1.56. The average molecular weight is 290 g/mol. The fraction of sp³-hybridized carbons (Fsp3) is 0.385. The van der Waals surface area contributed by atoms with Gasteiger partial charge in [0.05, 0.1) is 13.2 Å². The first-order chi connectivity index (χ1) is 10.3. The van der Waals surface area contributed by atoms with Crippen LogP contribution in [0.25, 0.3) is 11.6 Å². The van der Waals surface area contributed by atoms with Gasteiger partial charge in [-0.2, -0.15) is 4.98 Å². The lowest BCUT2D eigenvalue weighted by molar-refractivity contribution is 0.208. The van der Waals surface area contributed by atoms with E-state index >= 15 is 0 Å². The molecule has 0 aromatic carbocycles. The van der Waals surface area contributed by atoms with E-state index in [0.29, 0.717) is 49.5 Å². The van der Waals surface area contributed by atoms with Gasteiger partial charge >= 0.3 is 0 Å². The number of hydrogen-bond acceptors (Lipinski definition) is 6. The molecule has 0 aliphatic rings. The number of nitrogens with zero attached hydrogens (tertiary/aromatic N) is 4. The number of guanidine groups is 1. The van der Waals surface area contributed by atoms with E-state index in [9.17, 15) is 0 Å². The number of hydrogen-bond donors (Lipinski definition) is 2. The molecule has 8 heteroatoms. The molecule has 3 N–H and O–H groups in total. The molecule has 0 atom stereocenters. The van der Waals surface area contributed by atoms with Crippen molar-refractivity contribution in [2.75, 3.05) is 26.8 Å². The first-order valence-electron chi connectivity index (χ1n) is 6.56. The van der Waals surface area contributed by atoms with Crippen molar-refractivity contribution in [2.24, 2.45) is 10.7 Å². The Morgan fingerprint density at radius 2 is 2.38 bits per heavy atom. The van der Waals surface area contributed by atoms with E-state index in [1.54, 1.807) is 13.3 Å². The molecule has 8 nitrogen and oxygen atoms in total. The second-order valence-corrected chi connectivity index (χ2v) is 4.17. The highest BCUT2D eigenvalue weighted by atomic mass is 16.5. The number of pyridine rings is 1. The van der Waals surface area contributed by atoms with Crippen LogP contribution in [0.15, 0.2) is 33.9 Å². The molecule has 0 radical (unpaired) electrons. The molecule has 21 heavy (non-hydrogen) atoms. The maximum atomic E-state index is 5.68. The summed E-state index contributed by atoms with van der Waals surface area (Å²) in [7, 11) is 1.62. The predicted molar refractivity (Wildman–Crippen MR) is 77.6 cm³/mol. The molecule has 0 aliphatic carbocycles. The summed E-state index contributed by atoms with van der Waals surface area (Å²) in [5.74, 6) is 1.38. The Hall–Kier alpha value is -2.48.